The van der Waals surface area contributed by atoms with Gasteiger partial charge in [0.05, 0.1) is 11.6 Å². The maximum atomic E-state index is 11.1. The SMILES string of the molecule is N#Cc1cccc(NC(=O)CCCl)c1. The van der Waals surface area contributed by atoms with Crippen LogP contribution in [0.2, 0.25) is 0 Å². The van der Waals surface area contributed by atoms with Gasteiger partial charge in [-0.3, -0.25) is 4.79 Å². The van der Waals surface area contributed by atoms with Crippen LogP contribution in [-0.2, 0) is 4.79 Å². The second-order valence-corrected chi connectivity index (χ2v) is 3.06. The summed E-state index contributed by atoms with van der Waals surface area (Å²) in [5.41, 5.74) is 1.15. The van der Waals surface area contributed by atoms with Crippen LogP contribution in [0.15, 0.2) is 24.3 Å². The average molecular weight is 209 g/mol. The van der Waals surface area contributed by atoms with E-state index in [-0.39, 0.29) is 12.3 Å². The predicted molar refractivity (Wildman–Crippen MR) is 55.1 cm³/mol. The van der Waals surface area contributed by atoms with E-state index in [1.54, 1.807) is 24.3 Å². The lowest BCUT2D eigenvalue weighted by atomic mass is 10.2. The van der Waals surface area contributed by atoms with E-state index in [1.165, 1.54) is 0 Å². The monoisotopic (exact) mass is 208 g/mol. The van der Waals surface area contributed by atoms with Crippen molar-refractivity contribution >= 4 is 23.2 Å². The molecule has 0 unspecified atom stereocenters. The van der Waals surface area contributed by atoms with Gasteiger partial charge in [-0.2, -0.15) is 5.26 Å². The van der Waals surface area contributed by atoms with Crippen LogP contribution in [0, 0.1) is 11.3 Å². The topological polar surface area (TPSA) is 52.9 Å². The zero-order valence-electron chi connectivity index (χ0n) is 7.46. The van der Waals surface area contributed by atoms with Crippen LogP contribution in [0.5, 0.6) is 0 Å². The number of amides is 1. The van der Waals surface area contributed by atoms with Crippen molar-refractivity contribution in [2.24, 2.45) is 0 Å². The number of hydrogen-bond donors (Lipinski definition) is 1. The Balaban J connectivity index is 2.68. The van der Waals surface area contributed by atoms with Gasteiger partial charge in [0.25, 0.3) is 0 Å². The molecular formula is C10H9ClN2O. The van der Waals surface area contributed by atoms with Crippen molar-refractivity contribution in [3.05, 3.63) is 29.8 Å². The van der Waals surface area contributed by atoms with Crippen LogP contribution in [0.25, 0.3) is 0 Å². The van der Waals surface area contributed by atoms with Crippen molar-refractivity contribution in [1.82, 2.24) is 0 Å². The van der Waals surface area contributed by atoms with Crippen molar-refractivity contribution < 1.29 is 4.79 Å². The lowest BCUT2D eigenvalue weighted by molar-refractivity contribution is -0.115. The molecule has 0 aliphatic carbocycles. The van der Waals surface area contributed by atoms with Gasteiger partial charge in [-0.05, 0) is 18.2 Å². The number of benzene rings is 1. The molecule has 0 saturated heterocycles. The highest BCUT2D eigenvalue weighted by Gasteiger charge is 2.01. The highest BCUT2D eigenvalue weighted by atomic mass is 35.5. The van der Waals surface area contributed by atoms with Gasteiger partial charge in [-0.25, -0.2) is 0 Å². The number of anilines is 1. The highest BCUT2D eigenvalue weighted by Crippen LogP contribution is 2.09. The maximum absolute atomic E-state index is 11.1. The molecule has 1 aromatic carbocycles. The Morgan fingerprint density at radius 1 is 1.57 bits per heavy atom. The number of halogens is 1. The molecule has 0 atom stereocenters. The van der Waals surface area contributed by atoms with Gasteiger partial charge in [0.15, 0.2) is 0 Å². The molecule has 0 aliphatic rings. The highest BCUT2D eigenvalue weighted by molar-refractivity contribution is 6.19. The summed E-state index contributed by atoms with van der Waals surface area (Å²) in [6.45, 7) is 0. The van der Waals surface area contributed by atoms with Gasteiger partial charge in [-0.15, -0.1) is 11.6 Å². The smallest absolute Gasteiger partial charge is 0.225 e. The van der Waals surface area contributed by atoms with Gasteiger partial charge in [-0.1, -0.05) is 6.07 Å². The fourth-order valence-electron chi connectivity index (χ4n) is 0.976. The molecule has 72 valence electrons. The predicted octanol–water partition coefficient (Wildman–Crippen LogP) is 2.13. The summed E-state index contributed by atoms with van der Waals surface area (Å²) in [5.74, 6) is 0.152. The van der Waals surface area contributed by atoms with E-state index >= 15 is 0 Å². The maximum Gasteiger partial charge on any atom is 0.225 e. The molecule has 1 amide bonds. The van der Waals surface area contributed by atoms with Crippen molar-refractivity contribution in [2.75, 3.05) is 11.2 Å². The molecule has 0 aromatic heterocycles. The molecule has 0 bridgehead atoms. The van der Waals surface area contributed by atoms with E-state index in [1.807, 2.05) is 6.07 Å². The number of nitriles is 1. The first-order valence-corrected chi connectivity index (χ1v) is 4.65. The van der Waals surface area contributed by atoms with Gasteiger partial charge in [0, 0.05) is 18.0 Å². The summed E-state index contributed by atoms with van der Waals surface area (Å²) >= 11 is 5.41. The Hall–Kier alpha value is -1.53. The van der Waals surface area contributed by atoms with E-state index in [0.29, 0.717) is 17.1 Å². The van der Waals surface area contributed by atoms with Crippen LogP contribution in [0.4, 0.5) is 5.69 Å². The van der Waals surface area contributed by atoms with Crippen molar-refractivity contribution in [2.45, 2.75) is 6.42 Å². The van der Waals surface area contributed by atoms with Gasteiger partial charge < -0.3 is 5.32 Å². The molecule has 3 nitrogen and oxygen atoms in total. The van der Waals surface area contributed by atoms with Crippen molar-refractivity contribution in [1.29, 1.82) is 5.26 Å². The average Bonchev–Trinajstić information content (AvgIpc) is 2.18. The van der Waals surface area contributed by atoms with Crippen molar-refractivity contribution in [3.63, 3.8) is 0 Å². The second kappa shape index (κ2) is 5.25. The second-order valence-electron chi connectivity index (χ2n) is 2.68. The zero-order chi connectivity index (χ0) is 10.4. The molecule has 1 aromatic rings. The molecule has 4 heteroatoms. The number of carbonyl (C=O) groups excluding carboxylic acids is 1. The summed E-state index contributed by atoms with van der Waals surface area (Å²) in [5, 5.41) is 11.3. The Labute approximate surface area is 87.3 Å². The van der Waals surface area contributed by atoms with Gasteiger partial charge in [0.2, 0.25) is 5.91 Å². The number of carbonyl (C=O) groups is 1. The molecule has 0 heterocycles. The lowest BCUT2D eigenvalue weighted by Crippen LogP contribution is -2.11. The summed E-state index contributed by atoms with van der Waals surface area (Å²) in [7, 11) is 0. The third kappa shape index (κ3) is 3.08. The minimum Gasteiger partial charge on any atom is -0.326 e. The molecule has 0 aliphatic heterocycles. The molecule has 0 fully saturated rings. The van der Waals surface area contributed by atoms with E-state index in [4.69, 9.17) is 16.9 Å². The van der Waals surface area contributed by atoms with Crippen LogP contribution in [0.1, 0.15) is 12.0 Å². The normalized spacial score (nSPS) is 9.14. The summed E-state index contributed by atoms with van der Waals surface area (Å²) in [6.07, 6.45) is 0.276. The van der Waals surface area contributed by atoms with Gasteiger partial charge >= 0.3 is 0 Å². The third-order valence-corrected chi connectivity index (χ3v) is 1.79. The number of nitrogens with one attached hydrogen (secondary N) is 1. The zero-order valence-corrected chi connectivity index (χ0v) is 8.21. The van der Waals surface area contributed by atoms with E-state index in [9.17, 15) is 4.79 Å². The quantitative estimate of drug-likeness (QED) is 0.774. The Kier molecular flexibility index (Phi) is 3.96. The van der Waals surface area contributed by atoms with Crippen LogP contribution < -0.4 is 5.32 Å². The minimum absolute atomic E-state index is 0.143. The number of rotatable bonds is 3. The Bertz CT molecular complexity index is 371. The molecular weight excluding hydrogens is 200 g/mol. The number of nitrogens with zero attached hydrogens (tertiary/aromatic N) is 1. The van der Waals surface area contributed by atoms with Crippen LogP contribution in [-0.4, -0.2) is 11.8 Å². The molecule has 0 radical (unpaired) electrons. The molecule has 1 N–H and O–H groups in total. The third-order valence-electron chi connectivity index (χ3n) is 1.60. The van der Waals surface area contributed by atoms with E-state index < -0.39 is 0 Å². The first kappa shape index (κ1) is 10.6. The summed E-state index contributed by atoms with van der Waals surface area (Å²) in [6, 6.07) is 8.74. The fraction of sp³-hybridized carbons (Fsp3) is 0.200. The van der Waals surface area contributed by atoms with Gasteiger partial charge in [0.1, 0.15) is 0 Å². The van der Waals surface area contributed by atoms with E-state index in [0.717, 1.165) is 0 Å². The largest absolute Gasteiger partial charge is 0.326 e. The Morgan fingerprint density at radius 2 is 2.36 bits per heavy atom. The molecule has 0 saturated carbocycles. The standard InChI is InChI=1S/C10H9ClN2O/c11-5-4-10(14)13-9-3-1-2-8(6-9)7-12/h1-3,6H,4-5H2,(H,13,14). The van der Waals surface area contributed by atoms with Crippen LogP contribution >= 0.6 is 11.6 Å². The summed E-state index contributed by atoms with van der Waals surface area (Å²) in [4.78, 5) is 11.1. The molecule has 1 rings (SSSR count). The van der Waals surface area contributed by atoms with Crippen LogP contribution in [0.3, 0.4) is 0 Å². The minimum atomic E-state index is -0.143. The molecule has 0 spiro atoms. The van der Waals surface area contributed by atoms with Crippen molar-refractivity contribution in [3.8, 4) is 6.07 Å². The summed E-state index contributed by atoms with van der Waals surface area (Å²) < 4.78 is 0. The number of hydrogen-bond acceptors (Lipinski definition) is 2. The first-order chi connectivity index (χ1) is 6.76. The molecule has 14 heavy (non-hydrogen) atoms. The number of alkyl halides is 1. The Morgan fingerprint density at radius 3 is 3.00 bits per heavy atom. The fourth-order valence-corrected chi connectivity index (χ4v) is 1.15. The first-order valence-electron chi connectivity index (χ1n) is 4.12. The lowest BCUT2D eigenvalue weighted by Gasteiger charge is -2.03. The van der Waals surface area contributed by atoms with E-state index in [2.05, 4.69) is 5.32 Å².